The van der Waals surface area contributed by atoms with Crippen LogP contribution >= 0.6 is 7.82 Å². The number of aromatic nitrogens is 2. The van der Waals surface area contributed by atoms with E-state index in [1.165, 1.54) is 12.7 Å². The van der Waals surface area contributed by atoms with E-state index in [0.717, 1.165) is 0 Å². The molecule has 0 aromatic carbocycles. The van der Waals surface area contributed by atoms with Crippen molar-refractivity contribution < 1.29 is 28.7 Å². The Hall–Kier alpha value is -1.37. The molecule has 4 heterocycles. The van der Waals surface area contributed by atoms with Gasteiger partial charge >= 0.3 is 7.82 Å². The highest BCUT2D eigenvalue weighted by Gasteiger charge is 2.63. The van der Waals surface area contributed by atoms with E-state index in [0.29, 0.717) is 11.5 Å². The fourth-order valence-corrected chi connectivity index (χ4v) is 4.11. The number of ether oxygens (including phenoxy) is 1. The van der Waals surface area contributed by atoms with E-state index in [1.807, 2.05) is 4.90 Å². The number of rotatable bonds is 4. The van der Waals surface area contributed by atoms with Gasteiger partial charge in [-0.3, -0.25) is 19.0 Å². The van der Waals surface area contributed by atoms with Crippen LogP contribution in [0.4, 0.5) is 5.82 Å². The smallest absolute Gasteiger partial charge is 0.388 e. The number of nitrogens with zero attached hydrogens (tertiary/aromatic N) is 4. The zero-order chi connectivity index (χ0) is 18.0. The summed E-state index contributed by atoms with van der Waals surface area (Å²) in [7, 11) is -2.89. The standard InChI is InChI=1S/C12H19N6O6P/c1-17-2-12(3-23-25(20,21)22)8(19)7(17)11(24-12)18-5-16-6-9(13)14-4-15-10(6)18/h4-5,7-9,11,19H,2-3,13H2,1H3,(H,14,15)(H2,20,21,22)/t7-,8?,9?,11+,12+/m0/s1. The molecular formula is C12H19N6O6P. The number of imidazole rings is 1. The molecule has 138 valence electrons. The Bertz CT molecular complexity index is 765. The molecule has 13 heteroatoms. The maximum Gasteiger partial charge on any atom is 0.469 e. The second-order valence-electron chi connectivity index (χ2n) is 6.44. The van der Waals surface area contributed by atoms with E-state index >= 15 is 0 Å². The monoisotopic (exact) mass is 374 g/mol. The van der Waals surface area contributed by atoms with Crippen molar-refractivity contribution >= 4 is 20.0 Å². The molecule has 1 aromatic rings. The molecule has 0 radical (unpaired) electrons. The Morgan fingerprint density at radius 1 is 1.60 bits per heavy atom. The van der Waals surface area contributed by atoms with Crippen molar-refractivity contribution in [3.8, 4) is 0 Å². The molecule has 1 aromatic heterocycles. The quantitative estimate of drug-likeness (QED) is 0.385. The van der Waals surface area contributed by atoms with Crippen LogP contribution < -0.4 is 11.1 Å². The fourth-order valence-electron chi connectivity index (χ4n) is 3.73. The summed E-state index contributed by atoms with van der Waals surface area (Å²) >= 11 is 0. The van der Waals surface area contributed by atoms with Crippen LogP contribution in [-0.2, 0) is 13.8 Å². The summed E-state index contributed by atoms with van der Waals surface area (Å²) in [6, 6.07) is -0.435. The predicted molar refractivity (Wildman–Crippen MR) is 84.5 cm³/mol. The minimum Gasteiger partial charge on any atom is -0.388 e. The van der Waals surface area contributed by atoms with Crippen LogP contribution in [0.1, 0.15) is 18.1 Å². The van der Waals surface area contributed by atoms with Crippen molar-refractivity contribution in [2.24, 2.45) is 10.7 Å². The SMILES string of the molecule is CN1C[C@]2(COP(=O)(O)O)O[C@@H](n3cnc4c3NC=NC4N)[C@@H]1C2O. The van der Waals surface area contributed by atoms with Crippen LogP contribution in [0.2, 0.25) is 0 Å². The highest BCUT2D eigenvalue weighted by Crippen LogP contribution is 2.49. The Labute approximate surface area is 142 Å². The maximum atomic E-state index is 11.1. The van der Waals surface area contributed by atoms with Gasteiger partial charge in [0, 0.05) is 6.54 Å². The van der Waals surface area contributed by atoms with Crippen molar-refractivity contribution in [2.45, 2.75) is 30.1 Å². The van der Waals surface area contributed by atoms with Crippen LogP contribution in [0.15, 0.2) is 11.3 Å². The number of phosphoric ester groups is 1. The first-order valence-corrected chi connectivity index (χ1v) is 9.12. The van der Waals surface area contributed by atoms with Crippen molar-refractivity contribution in [3.63, 3.8) is 0 Å². The number of aliphatic hydroxyl groups excluding tert-OH is 1. The minimum atomic E-state index is -4.68. The van der Waals surface area contributed by atoms with Gasteiger partial charge in [-0.1, -0.05) is 0 Å². The molecule has 0 aliphatic carbocycles. The number of aliphatic hydroxyl groups is 1. The number of hydrogen-bond acceptors (Lipinski definition) is 9. The van der Waals surface area contributed by atoms with E-state index < -0.39 is 44.6 Å². The van der Waals surface area contributed by atoms with Crippen LogP contribution in [0.25, 0.3) is 0 Å². The van der Waals surface area contributed by atoms with E-state index in [2.05, 4.69) is 19.8 Å². The molecule has 2 fully saturated rings. The molecule has 6 N–H and O–H groups in total. The number of nitrogens with one attached hydrogen (secondary N) is 1. The van der Waals surface area contributed by atoms with Crippen LogP contribution in [0, 0.1) is 0 Å². The van der Waals surface area contributed by atoms with Crippen molar-refractivity contribution in [2.75, 3.05) is 25.5 Å². The normalized spacial score (nSPS) is 37.3. The number of morpholine rings is 1. The van der Waals surface area contributed by atoms with E-state index in [1.54, 1.807) is 11.6 Å². The highest BCUT2D eigenvalue weighted by molar-refractivity contribution is 7.46. The number of fused-ring (bicyclic) bond motifs is 3. The third-order valence-corrected chi connectivity index (χ3v) is 5.29. The molecule has 4 rings (SSSR count). The lowest BCUT2D eigenvalue weighted by Crippen LogP contribution is -2.47. The number of phosphoric acid groups is 1. The molecule has 3 aliphatic rings. The van der Waals surface area contributed by atoms with Gasteiger partial charge in [-0.25, -0.2) is 9.55 Å². The summed E-state index contributed by atoms with van der Waals surface area (Å²) < 4.78 is 23.4. The van der Waals surface area contributed by atoms with Gasteiger partial charge in [-0.2, -0.15) is 0 Å². The van der Waals surface area contributed by atoms with E-state index in [9.17, 15) is 9.67 Å². The summed E-state index contributed by atoms with van der Waals surface area (Å²) in [5.74, 6) is 0.603. The molecule has 12 nitrogen and oxygen atoms in total. The molecule has 0 saturated carbocycles. The molecule has 0 amide bonds. The minimum absolute atomic E-state index is 0.278. The number of likely N-dealkylation sites (tertiary alicyclic amines) is 1. The first-order chi connectivity index (χ1) is 11.7. The van der Waals surface area contributed by atoms with Gasteiger partial charge in [0.25, 0.3) is 0 Å². The van der Waals surface area contributed by atoms with Crippen LogP contribution in [-0.4, -0.2) is 73.6 Å². The highest BCUT2D eigenvalue weighted by atomic mass is 31.2. The van der Waals surface area contributed by atoms with E-state index in [4.69, 9.17) is 20.3 Å². The summed E-state index contributed by atoms with van der Waals surface area (Å²) in [6.07, 6.45) is 0.793. The molecule has 2 saturated heterocycles. The Morgan fingerprint density at radius 3 is 3.08 bits per heavy atom. The number of anilines is 1. The van der Waals surface area contributed by atoms with Gasteiger partial charge in [0.1, 0.15) is 29.4 Å². The maximum absolute atomic E-state index is 11.1. The molecule has 25 heavy (non-hydrogen) atoms. The Kier molecular flexibility index (Phi) is 3.80. The lowest BCUT2D eigenvalue weighted by Gasteiger charge is -2.36. The predicted octanol–water partition coefficient (Wildman–Crippen LogP) is -1.65. The van der Waals surface area contributed by atoms with Crippen LogP contribution in [0.5, 0.6) is 0 Å². The molecule has 2 unspecified atom stereocenters. The topological polar surface area (TPSA) is 168 Å². The van der Waals surface area contributed by atoms with E-state index in [-0.39, 0.29) is 6.54 Å². The van der Waals surface area contributed by atoms with Gasteiger partial charge in [0.15, 0.2) is 6.23 Å². The molecule has 2 bridgehead atoms. The summed E-state index contributed by atoms with van der Waals surface area (Å²) in [5.41, 5.74) is 5.19. The third-order valence-electron chi connectivity index (χ3n) is 4.83. The number of hydrogen-bond donors (Lipinski definition) is 5. The van der Waals surface area contributed by atoms with Crippen molar-refractivity contribution in [3.05, 3.63) is 12.0 Å². The zero-order valence-electron chi connectivity index (χ0n) is 13.3. The third kappa shape index (κ3) is 2.62. The Morgan fingerprint density at radius 2 is 2.36 bits per heavy atom. The van der Waals surface area contributed by atoms with Gasteiger partial charge in [0.05, 0.1) is 25.3 Å². The van der Waals surface area contributed by atoms with Crippen LogP contribution in [0.3, 0.4) is 0 Å². The number of aliphatic imine (C=N–C) groups is 1. The second kappa shape index (κ2) is 5.56. The lowest BCUT2D eigenvalue weighted by atomic mass is 10.0. The average molecular weight is 374 g/mol. The number of nitrogens with two attached hydrogens (primary N) is 1. The first-order valence-electron chi connectivity index (χ1n) is 7.58. The first kappa shape index (κ1) is 17.1. The molecule has 5 atom stereocenters. The lowest BCUT2D eigenvalue weighted by molar-refractivity contribution is -0.148. The summed E-state index contributed by atoms with van der Waals surface area (Å²) in [6.45, 7) is -0.151. The molecule has 0 spiro atoms. The molecule has 3 aliphatic heterocycles. The van der Waals surface area contributed by atoms with Gasteiger partial charge < -0.3 is 30.7 Å². The van der Waals surface area contributed by atoms with Crippen molar-refractivity contribution in [1.82, 2.24) is 14.5 Å². The summed E-state index contributed by atoms with van der Waals surface area (Å²) in [4.78, 5) is 28.1. The molecular weight excluding hydrogens is 355 g/mol. The van der Waals surface area contributed by atoms with Gasteiger partial charge in [-0.05, 0) is 7.05 Å². The largest absolute Gasteiger partial charge is 0.469 e. The zero-order valence-corrected chi connectivity index (χ0v) is 14.2. The number of likely N-dealkylation sites (N-methyl/N-ethyl adjacent to an activating group) is 1. The van der Waals surface area contributed by atoms with Gasteiger partial charge in [0.2, 0.25) is 0 Å². The summed E-state index contributed by atoms with van der Waals surface area (Å²) in [5, 5.41) is 13.6. The Balaban J connectivity index is 1.65. The second-order valence-corrected chi connectivity index (χ2v) is 7.68. The van der Waals surface area contributed by atoms with Gasteiger partial charge in [-0.15, -0.1) is 0 Å². The average Bonchev–Trinajstić information content (AvgIpc) is 3.14. The fraction of sp³-hybridized carbons (Fsp3) is 0.667. The van der Waals surface area contributed by atoms with Crippen molar-refractivity contribution in [1.29, 1.82) is 0 Å².